The van der Waals surface area contributed by atoms with Gasteiger partial charge < -0.3 is 15.2 Å². The molecule has 1 heterocycles. The van der Waals surface area contributed by atoms with E-state index in [1.807, 2.05) is 22.6 Å². The van der Waals surface area contributed by atoms with E-state index in [-0.39, 0.29) is 23.6 Å². The number of phenols is 1. The number of halogens is 4. The fraction of sp³-hybridized carbons (Fsp3) is 0.150. The zero-order chi connectivity index (χ0) is 23.3. The number of hydrogen-bond donors (Lipinski definition) is 3. The molecule has 3 rings (SSSR count). The number of carbonyl (C=O) groups excluding carboxylic acids is 1. The number of nitrogens with zero attached hydrogens (tertiary/aromatic N) is 2. The number of ether oxygens (including phenoxy) is 1. The Morgan fingerprint density at radius 1 is 1.34 bits per heavy atom. The molecule has 0 spiro atoms. The Labute approximate surface area is 198 Å². The van der Waals surface area contributed by atoms with E-state index in [2.05, 4.69) is 20.8 Å². The van der Waals surface area contributed by atoms with Crippen molar-refractivity contribution in [1.82, 2.24) is 10.4 Å². The predicted octanol–water partition coefficient (Wildman–Crippen LogP) is 4.92. The largest absolute Gasteiger partial charge is 0.504 e. The third kappa shape index (κ3) is 6.32. The number of hydrogen-bond acceptors (Lipinski definition) is 7. The highest BCUT2D eigenvalue weighted by molar-refractivity contribution is 14.1. The van der Waals surface area contributed by atoms with Crippen molar-refractivity contribution in [2.75, 3.05) is 12.4 Å². The van der Waals surface area contributed by atoms with Gasteiger partial charge in [0.1, 0.15) is 0 Å². The predicted molar refractivity (Wildman–Crippen MR) is 124 cm³/mol. The van der Waals surface area contributed by atoms with Crippen molar-refractivity contribution in [2.24, 2.45) is 5.10 Å². The van der Waals surface area contributed by atoms with Gasteiger partial charge >= 0.3 is 6.18 Å². The number of aromatic nitrogens is 1. The molecule has 0 fully saturated rings. The lowest BCUT2D eigenvalue weighted by Gasteiger charge is -2.08. The number of alkyl halides is 3. The topological polar surface area (TPSA) is 95.8 Å². The van der Waals surface area contributed by atoms with E-state index in [4.69, 9.17) is 4.74 Å². The van der Waals surface area contributed by atoms with E-state index in [0.717, 1.165) is 12.1 Å². The van der Waals surface area contributed by atoms with Crippen LogP contribution in [0.3, 0.4) is 0 Å². The van der Waals surface area contributed by atoms with Crippen LogP contribution in [0.2, 0.25) is 0 Å². The lowest BCUT2D eigenvalue weighted by Crippen LogP contribution is -2.19. The van der Waals surface area contributed by atoms with Crippen LogP contribution in [-0.2, 0) is 17.4 Å². The van der Waals surface area contributed by atoms with Gasteiger partial charge in [-0.25, -0.2) is 10.4 Å². The van der Waals surface area contributed by atoms with E-state index < -0.39 is 17.6 Å². The number of phenolic OH excluding ortho intramolecular Hbond substituents is 1. The average molecular weight is 576 g/mol. The number of anilines is 2. The smallest absolute Gasteiger partial charge is 0.416 e. The first kappa shape index (κ1) is 23.8. The molecule has 0 aliphatic heterocycles. The van der Waals surface area contributed by atoms with Gasteiger partial charge in [0.2, 0.25) is 5.91 Å². The summed E-state index contributed by atoms with van der Waals surface area (Å²) in [5.41, 5.74) is 2.92. The van der Waals surface area contributed by atoms with Crippen molar-refractivity contribution in [3.05, 3.63) is 62.2 Å². The molecule has 0 saturated carbocycles. The van der Waals surface area contributed by atoms with Crippen LogP contribution in [0.1, 0.15) is 16.8 Å². The highest BCUT2D eigenvalue weighted by atomic mass is 127. The van der Waals surface area contributed by atoms with E-state index in [1.165, 1.54) is 36.8 Å². The van der Waals surface area contributed by atoms with Gasteiger partial charge in [0.25, 0.3) is 0 Å². The number of benzene rings is 2. The van der Waals surface area contributed by atoms with Gasteiger partial charge in [-0.3, -0.25) is 4.79 Å². The zero-order valence-corrected chi connectivity index (χ0v) is 19.4. The second-order valence-corrected chi connectivity index (χ2v) is 8.39. The van der Waals surface area contributed by atoms with Crippen LogP contribution in [0.5, 0.6) is 11.5 Å². The van der Waals surface area contributed by atoms with Crippen LogP contribution >= 0.6 is 33.9 Å². The molecule has 2 aromatic carbocycles. The normalized spacial score (nSPS) is 11.5. The van der Waals surface area contributed by atoms with E-state index >= 15 is 0 Å². The third-order valence-electron chi connectivity index (χ3n) is 4.01. The summed E-state index contributed by atoms with van der Waals surface area (Å²) in [7, 11) is 1.43. The van der Waals surface area contributed by atoms with Gasteiger partial charge in [-0.2, -0.15) is 18.3 Å². The lowest BCUT2D eigenvalue weighted by molar-refractivity contribution is -0.137. The van der Waals surface area contributed by atoms with Crippen LogP contribution < -0.4 is 15.5 Å². The van der Waals surface area contributed by atoms with Crippen molar-refractivity contribution in [1.29, 1.82) is 0 Å². The molecule has 0 bridgehead atoms. The van der Waals surface area contributed by atoms with Gasteiger partial charge in [-0.05, 0) is 58.5 Å². The second kappa shape index (κ2) is 10.2. The number of rotatable bonds is 7. The van der Waals surface area contributed by atoms with Crippen molar-refractivity contribution in [3.8, 4) is 11.5 Å². The minimum Gasteiger partial charge on any atom is -0.504 e. The van der Waals surface area contributed by atoms with Crippen LogP contribution in [-0.4, -0.2) is 29.3 Å². The molecular weight excluding hydrogens is 560 g/mol. The summed E-state index contributed by atoms with van der Waals surface area (Å²) in [6, 6.07) is 8.01. The zero-order valence-electron chi connectivity index (χ0n) is 16.4. The summed E-state index contributed by atoms with van der Waals surface area (Å²) in [6.45, 7) is 0. The summed E-state index contributed by atoms with van der Waals surface area (Å²) >= 11 is 3.11. The molecular formula is C20H16F3IN4O3S. The SMILES string of the molecule is COc1cc(/C=N\NC(=O)Cc2csc(Nc3cccc(C(F)(F)F)c3)n2)cc(I)c1O. The maximum Gasteiger partial charge on any atom is 0.416 e. The molecule has 0 aliphatic rings. The van der Waals surface area contributed by atoms with Crippen LogP contribution in [0.15, 0.2) is 46.9 Å². The number of thiazole rings is 1. The standard InChI is InChI=1S/C20H16F3IN4O3S/c1-31-16-6-11(5-15(24)18(16)30)9-25-28-17(29)8-14-10-32-19(27-14)26-13-4-2-3-12(7-13)20(21,22)23/h2-7,9-10,30H,8H2,1H3,(H,26,27)(H,28,29)/b25-9-. The minimum atomic E-state index is -4.44. The molecule has 7 nitrogen and oxygen atoms in total. The summed E-state index contributed by atoms with van der Waals surface area (Å²) in [6.07, 6.45) is -3.09. The van der Waals surface area contributed by atoms with Gasteiger partial charge in [0, 0.05) is 11.1 Å². The van der Waals surface area contributed by atoms with Gasteiger partial charge in [0.05, 0.1) is 34.6 Å². The maximum absolute atomic E-state index is 12.8. The van der Waals surface area contributed by atoms with Crippen molar-refractivity contribution < 1.29 is 27.8 Å². The molecule has 1 aromatic heterocycles. The van der Waals surface area contributed by atoms with Crippen molar-refractivity contribution in [2.45, 2.75) is 12.6 Å². The Morgan fingerprint density at radius 3 is 2.84 bits per heavy atom. The second-order valence-electron chi connectivity index (χ2n) is 6.37. The molecule has 1 amide bonds. The molecule has 3 N–H and O–H groups in total. The molecule has 0 unspecified atom stereocenters. The highest BCUT2D eigenvalue weighted by Crippen LogP contribution is 2.32. The van der Waals surface area contributed by atoms with Crippen LogP contribution in [0.4, 0.5) is 24.0 Å². The molecule has 12 heteroatoms. The summed E-state index contributed by atoms with van der Waals surface area (Å²) < 4.78 is 44.1. The fourth-order valence-corrected chi connectivity index (χ4v) is 3.90. The maximum atomic E-state index is 12.8. The molecule has 0 radical (unpaired) electrons. The average Bonchev–Trinajstić information content (AvgIpc) is 3.16. The Kier molecular flexibility index (Phi) is 7.56. The van der Waals surface area contributed by atoms with E-state index in [1.54, 1.807) is 17.5 Å². The minimum absolute atomic E-state index is 0.0207. The first-order chi connectivity index (χ1) is 15.2. The number of methoxy groups -OCH3 is 1. The Hall–Kier alpha value is -2.87. The van der Waals surface area contributed by atoms with E-state index in [9.17, 15) is 23.1 Å². The number of nitrogens with one attached hydrogen (secondary N) is 2. The fourth-order valence-electron chi connectivity index (χ4n) is 2.55. The van der Waals surface area contributed by atoms with Crippen molar-refractivity contribution in [3.63, 3.8) is 0 Å². The lowest BCUT2D eigenvalue weighted by atomic mass is 10.2. The molecule has 3 aromatic rings. The number of aromatic hydroxyl groups is 1. The van der Waals surface area contributed by atoms with Crippen LogP contribution in [0.25, 0.3) is 0 Å². The van der Waals surface area contributed by atoms with Gasteiger partial charge in [-0.1, -0.05) is 6.07 Å². The van der Waals surface area contributed by atoms with Gasteiger partial charge in [-0.15, -0.1) is 11.3 Å². The molecule has 32 heavy (non-hydrogen) atoms. The van der Waals surface area contributed by atoms with E-state index in [0.29, 0.717) is 20.0 Å². The van der Waals surface area contributed by atoms with Gasteiger partial charge in [0.15, 0.2) is 16.6 Å². The third-order valence-corrected chi connectivity index (χ3v) is 5.64. The summed E-state index contributed by atoms with van der Waals surface area (Å²) in [5, 5.41) is 18.5. The quantitative estimate of drug-likeness (QED) is 0.211. The molecule has 0 saturated heterocycles. The Bertz CT molecular complexity index is 1150. The number of amides is 1. The Balaban J connectivity index is 1.57. The molecule has 168 valence electrons. The summed E-state index contributed by atoms with van der Waals surface area (Å²) in [4.78, 5) is 16.3. The molecule has 0 atom stereocenters. The van der Waals surface area contributed by atoms with Crippen LogP contribution in [0, 0.1) is 3.57 Å². The van der Waals surface area contributed by atoms with Crippen molar-refractivity contribution >= 4 is 56.9 Å². The Morgan fingerprint density at radius 2 is 2.12 bits per heavy atom. The number of carbonyl (C=O) groups is 1. The highest BCUT2D eigenvalue weighted by Gasteiger charge is 2.30. The first-order valence-electron chi connectivity index (χ1n) is 8.93. The number of hydrazone groups is 1. The molecule has 0 aliphatic carbocycles. The monoisotopic (exact) mass is 576 g/mol. The first-order valence-corrected chi connectivity index (χ1v) is 10.9. The summed E-state index contributed by atoms with van der Waals surface area (Å²) in [5.74, 6) is -0.113.